The molecule has 0 spiro atoms. The first-order chi connectivity index (χ1) is 8.50. The largest absolute Gasteiger partial charge is 0.384 e. The van der Waals surface area contributed by atoms with Crippen LogP contribution in [0.5, 0.6) is 0 Å². The molecule has 0 bridgehead atoms. The van der Waals surface area contributed by atoms with Gasteiger partial charge in [0.05, 0.1) is 0 Å². The number of rotatable bonds is 2. The molecular weight excluding hydrogens is 241 g/mol. The van der Waals surface area contributed by atoms with Crippen molar-refractivity contribution in [2.45, 2.75) is 13.0 Å². The molecule has 2 rings (SSSR count). The molecule has 1 unspecified atom stereocenters. The Labute approximate surface area is 103 Å². The number of aliphatic hydroxyl groups is 1. The fraction of sp³-hybridized carbons (Fsp3) is 0.143. The molecule has 0 aliphatic carbocycles. The van der Waals surface area contributed by atoms with E-state index in [1.807, 2.05) is 0 Å². The van der Waals surface area contributed by atoms with Crippen molar-refractivity contribution in [2.75, 3.05) is 0 Å². The predicted molar refractivity (Wildman–Crippen MR) is 61.6 cm³/mol. The third kappa shape index (κ3) is 2.24. The molecule has 0 aromatic heterocycles. The second-order valence-electron chi connectivity index (χ2n) is 4.05. The van der Waals surface area contributed by atoms with Crippen LogP contribution in [0.3, 0.4) is 0 Å². The number of aliphatic hydroxyl groups excluding tert-OH is 1. The maximum Gasteiger partial charge on any atom is 0.164 e. The highest BCUT2D eigenvalue weighted by Gasteiger charge is 2.19. The molecule has 0 radical (unpaired) electrons. The van der Waals surface area contributed by atoms with Crippen molar-refractivity contribution < 1.29 is 18.3 Å². The lowest BCUT2D eigenvalue weighted by atomic mass is 9.97. The van der Waals surface area contributed by atoms with Crippen LogP contribution < -0.4 is 0 Å². The molecule has 0 fully saturated rings. The van der Waals surface area contributed by atoms with Crippen LogP contribution in [0.25, 0.3) is 0 Å². The molecule has 0 saturated heterocycles. The van der Waals surface area contributed by atoms with E-state index in [0.717, 1.165) is 12.1 Å². The Morgan fingerprint density at radius 1 is 1.00 bits per heavy atom. The molecule has 1 nitrogen and oxygen atoms in total. The Morgan fingerprint density at radius 2 is 1.72 bits per heavy atom. The van der Waals surface area contributed by atoms with Gasteiger partial charge in [-0.25, -0.2) is 13.2 Å². The number of hydrogen-bond acceptors (Lipinski definition) is 1. The highest BCUT2D eigenvalue weighted by molar-refractivity contribution is 5.36. The predicted octanol–water partition coefficient (Wildman–Crippen LogP) is 3.49. The monoisotopic (exact) mass is 252 g/mol. The van der Waals surface area contributed by atoms with Crippen molar-refractivity contribution in [1.29, 1.82) is 0 Å². The van der Waals surface area contributed by atoms with E-state index in [4.69, 9.17) is 0 Å². The van der Waals surface area contributed by atoms with Crippen LogP contribution in [0.4, 0.5) is 13.2 Å². The maximum absolute atomic E-state index is 13.5. The van der Waals surface area contributed by atoms with Crippen molar-refractivity contribution in [2.24, 2.45) is 0 Å². The molecule has 1 N–H and O–H groups in total. The minimum absolute atomic E-state index is 0.205. The topological polar surface area (TPSA) is 20.2 Å². The summed E-state index contributed by atoms with van der Waals surface area (Å²) in [5.41, 5.74) is 0.621. The second-order valence-corrected chi connectivity index (χ2v) is 4.05. The summed E-state index contributed by atoms with van der Waals surface area (Å²) in [6.07, 6.45) is -1.39. The lowest BCUT2D eigenvalue weighted by Gasteiger charge is -2.15. The van der Waals surface area contributed by atoms with Crippen LogP contribution in [0, 0.1) is 24.4 Å². The summed E-state index contributed by atoms with van der Waals surface area (Å²) in [5, 5.41) is 10.0. The Kier molecular flexibility index (Phi) is 3.39. The van der Waals surface area contributed by atoms with Crippen LogP contribution in [0.1, 0.15) is 22.8 Å². The summed E-state index contributed by atoms with van der Waals surface area (Å²) in [6, 6.07) is 7.37. The average Bonchev–Trinajstić information content (AvgIpc) is 2.35. The van der Waals surface area contributed by atoms with E-state index in [9.17, 15) is 18.3 Å². The zero-order valence-corrected chi connectivity index (χ0v) is 9.62. The fourth-order valence-corrected chi connectivity index (χ4v) is 1.81. The lowest BCUT2D eigenvalue weighted by molar-refractivity contribution is 0.212. The van der Waals surface area contributed by atoms with Gasteiger partial charge < -0.3 is 5.11 Å². The van der Waals surface area contributed by atoms with E-state index in [0.29, 0.717) is 5.56 Å². The van der Waals surface area contributed by atoms with Crippen molar-refractivity contribution in [3.8, 4) is 0 Å². The molecule has 1 atom stereocenters. The first-order valence-corrected chi connectivity index (χ1v) is 5.38. The van der Waals surface area contributed by atoms with Gasteiger partial charge in [0.25, 0.3) is 0 Å². The van der Waals surface area contributed by atoms with Gasteiger partial charge in [0.15, 0.2) is 11.6 Å². The van der Waals surface area contributed by atoms with Crippen LogP contribution in [0.15, 0.2) is 36.4 Å². The third-order valence-electron chi connectivity index (χ3n) is 2.81. The van der Waals surface area contributed by atoms with Gasteiger partial charge in [0, 0.05) is 5.56 Å². The molecule has 0 aliphatic rings. The van der Waals surface area contributed by atoms with Gasteiger partial charge in [-0.3, -0.25) is 0 Å². The van der Waals surface area contributed by atoms with Gasteiger partial charge in [0.2, 0.25) is 0 Å². The normalized spacial score (nSPS) is 12.5. The van der Waals surface area contributed by atoms with Gasteiger partial charge in [-0.05, 0) is 36.2 Å². The number of halogens is 3. The first kappa shape index (κ1) is 12.6. The van der Waals surface area contributed by atoms with Gasteiger partial charge in [-0.2, -0.15) is 0 Å². The Balaban J connectivity index is 2.51. The Hall–Kier alpha value is -1.81. The molecule has 94 valence electrons. The SMILES string of the molecule is Cc1ccc(F)cc1C(O)c1cccc(F)c1F. The summed E-state index contributed by atoms with van der Waals surface area (Å²) in [4.78, 5) is 0. The smallest absolute Gasteiger partial charge is 0.164 e. The van der Waals surface area contributed by atoms with E-state index in [1.54, 1.807) is 6.92 Å². The highest BCUT2D eigenvalue weighted by Crippen LogP contribution is 2.28. The number of aryl methyl sites for hydroxylation is 1. The summed E-state index contributed by atoms with van der Waals surface area (Å²) >= 11 is 0. The van der Waals surface area contributed by atoms with Crippen LogP contribution >= 0.6 is 0 Å². The van der Waals surface area contributed by atoms with E-state index < -0.39 is 23.6 Å². The molecule has 2 aromatic rings. The van der Waals surface area contributed by atoms with Crippen LogP contribution in [-0.4, -0.2) is 5.11 Å². The molecule has 4 heteroatoms. The number of hydrogen-bond donors (Lipinski definition) is 1. The number of benzene rings is 2. The molecule has 18 heavy (non-hydrogen) atoms. The highest BCUT2D eigenvalue weighted by atomic mass is 19.2. The van der Waals surface area contributed by atoms with Crippen molar-refractivity contribution in [3.63, 3.8) is 0 Å². The average molecular weight is 252 g/mol. The maximum atomic E-state index is 13.5. The lowest BCUT2D eigenvalue weighted by Crippen LogP contribution is -2.06. The second kappa shape index (κ2) is 4.82. The van der Waals surface area contributed by atoms with Gasteiger partial charge in [-0.1, -0.05) is 18.2 Å². The van der Waals surface area contributed by atoms with E-state index in [2.05, 4.69) is 0 Å². The minimum atomic E-state index is -1.39. The fourth-order valence-electron chi connectivity index (χ4n) is 1.81. The van der Waals surface area contributed by atoms with Crippen molar-refractivity contribution >= 4 is 0 Å². The van der Waals surface area contributed by atoms with Gasteiger partial charge >= 0.3 is 0 Å². The summed E-state index contributed by atoms with van der Waals surface area (Å²) in [7, 11) is 0. The Bertz CT molecular complexity index is 579. The van der Waals surface area contributed by atoms with E-state index in [1.165, 1.54) is 24.3 Å². The Morgan fingerprint density at radius 3 is 2.44 bits per heavy atom. The quantitative estimate of drug-likeness (QED) is 0.867. The van der Waals surface area contributed by atoms with Crippen LogP contribution in [-0.2, 0) is 0 Å². The molecule has 0 amide bonds. The molecule has 0 heterocycles. The van der Waals surface area contributed by atoms with Crippen molar-refractivity contribution in [1.82, 2.24) is 0 Å². The first-order valence-electron chi connectivity index (χ1n) is 5.38. The summed E-state index contributed by atoms with van der Waals surface area (Å²) in [5.74, 6) is -2.69. The third-order valence-corrected chi connectivity index (χ3v) is 2.81. The van der Waals surface area contributed by atoms with Crippen molar-refractivity contribution in [3.05, 3.63) is 70.5 Å². The van der Waals surface area contributed by atoms with Gasteiger partial charge in [0.1, 0.15) is 11.9 Å². The molecule has 0 aliphatic heterocycles. The zero-order chi connectivity index (χ0) is 13.3. The summed E-state index contributed by atoms with van der Waals surface area (Å²) < 4.78 is 39.7. The van der Waals surface area contributed by atoms with Crippen LogP contribution in [0.2, 0.25) is 0 Å². The minimum Gasteiger partial charge on any atom is -0.384 e. The van der Waals surface area contributed by atoms with Gasteiger partial charge in [-0.15, -0.1) is 0 Å². The standard InChI is InChI=1S/C14H11F3O/c1-8-5-6-9(15)7-11(8)14(18)10-3-2-4-12(16)13(10)17/h2-7,14,18H,1H3. The summed E-state index contributed by atoms with van der Waals surface area (Å²) in [6.45, 7) is 1.66. The molecule has 0 saturated carbocycles. The molecule has 2 aromatic carbocycles. The van der Waals surface area contributed by atoms with E-state index >= 15 is 0 Å². The molecular formula is C14H11F3O. The zero-order valence-electron chi connectivity index (χ0n) is 9.62. The van der Waals surface area contributed by atoms with E-state index in [-0.39, 0.29) is 11.1 Å².